The standard InChI is InChI=1S/C46H27N7/c47-28-29-21-23-30(24-22-29)44-48-45(52-40-18-8-3-13-34(40)35-14-4-9-19-41(35)52)50-46(49-44)53-42-20-10-5-15-36(42)37-27-31(25-26-43(37)53)51-38-16-6-1-11-32(38)33-12-2-7-17-39(33)51/h1-27H. The summed E-state index contributed by atoms with van der Waals surface area (Å²) in [4.78, 5) is 15.6. The van der Waals surface area contributed by atoms with Crippen molar-refractivity contribution in [3.8, 4) is 35.0 Å². The van der Waals surface area contributed by atoms with E-state index in [1.54, 1.807) is 12.1 Å². The van der Waals surface area contributed by atoms with Crippen molar-refractivity contribution < 1.29 is 0 Å². The molecule has 7 aromatic carbocycles. The minimum atomic E-state index is 0.507. The zero-order valence-electron chi connectivity index (χ0n) is 28.2. The van der Waals surface area contributed by atoms with Crippen LogP contribution in [0.1, 0.15) is 5.56 Å². The van der Waals surface area contributed by atoms with E-state index >= 15 is 0 Å². The molecule has 0 saturated heterocycles. The van der Waals surface area contributed by atoms with Crippen molar-refractivity contribution in [2.45, 2.75) is 0 Å². The van der Waals surface area contributed by atoms with Crippen molar-refractivity contribution in [1.29, 1.82) is 5.26 Å². The molecule has 0 radical (unpaired) electrons. The molecule has 0 unspecified atom stereocenters. The molecule has 4 heterocycles. The van der Waals surface area contributed by atoms with Crippen molar-refractivity contribution in [3.63, 3.8) is 0 Å². The Labute approximate surface area is 302 Å². The molecule has 0 atom stereocenters. The number of nitrogens with zero attached hydrogens (tertiary/aromatic N) is 7. The summed E-state index contributed by atoms with van der Waals surface area (Å²) in [7, 11) is 0. The largest absolute Gasteiger partial charge is 0.309 e. The summed E-state index contributed by atoms with van der Waals surface area (Å²) in [6.45, 7) is 0. The zero-order valence-corrected chi connectivity index (χ0v) is 28.2. The number of aromatic nitrogens is 6. The molecule has 7 heteroatoms. The second kappa shape index (κ2) is 11.2. The summed E-state index contributed by atoms with van der Waals surface area (Å²) < 4.78 is 6.62. The van der Waals surface area contributed by atoms with Gasteiger partial charge in [0.2, 0.25) is 11.9 Å². The fraction of sp³-hybridized carbons (Fsp3) is 0. The molecule has 7 nitrogen and oxygen atoms in total. The Morgan fingerprint density at radius 3 is 1.23 bits per heavy atom. The lowest BCUT2D eigenvalue weighted by molar-refractivity contribution is 0.893. The molecule has 53 heavy (non-hydrogen) atoms. The minimum Gasteiger partial charge on any atom is -0.309 e. The van der Waals surface area contributed by atoms with Crippen LogP contribution in [0.15, 0.2) is 164 Å². The average Bonchev–Trinajstić information content (AvgIpc) is 3.86. The van der Waals surface area contributed by atoms with Crippen molar-refractivity contribution in [3.05, 3.63) is 169 Å². The molecule has 0 N–H and O–H groups in total. The van der Waals surface area contributed by atoms with Crippen molar-refractivity contribution >= 4 is 65.4 Å². The third kappa shape index (κ3) is 4.30. The van der Waals surface area contributed by atoms with Crippen LogP contribution in [0.2, 0.25) is 0 Å². The van der Waals surface area contributed by atoms with Gasteiger partial charge in [-0.1, -0.05) is 91.0 Å². The van der Waals surface area contributed by atoms with E-state index in [2.05, 4.69) is 147 Å². The molecular weight excluding hydrogens is 651 g/mol. The maximum absolute atomic E-state index is 9.52. The topological polar surface area (TPSA) is 77.2 Å². The van der Waals surface area contributed by atoms with E-state index in [4.69, 9.17) is 15.0 Å². The molecule has 0 spiro atoms. The van der Waals surface area contributed by atoms with E-state index in [9.17, 15) is 5.26 Å². The molecule has 246 valence electrons. The van der Waals surface area contributed by atoms with Crippen LogP contribution in [0.4, 0.5) is 0 Å². The van der Waals surface area contributed by atoms with Gasteiger partial charge in [0.05, 0.1) is 44.7 Å². The Bertz CT molecular complexity index is 3200. The maximum atomic E-state index is 9.52. The average molecular weight is 678 g/mol. The van der Waals surface area contributed by atoms with E-state index in [0.29, 0.717) is 23.3 Å². The molecule has 11 aromatic rings. The summed E-state index contributed by atoms with van der Waals surface area (Å²) >= 11 is 0. The van der Waals surface area contributed by atoms with Crippen LogP contribution in [0.3, 0.4) is 0 Å². The van der Waals surface area contributed by atoms with E-state index in [1.165, 1.54) is 10.8 Å². The molecule has 4 aromatic heterocycles. The Morgan fingerprint density at radius 1 is 0.377 bits per heavy atom. The molecule has 0 bridgehead atoms. The van der Waals surface area contributed by atoms with E-state index < -0.39 is 0 Å². The first-order valence-corrected chi connectivity index (χ1v) is 17.5. The monoisotopic (exact) mass is 677 g/mol. The van der Waals surface area contributed by atoms with Crippen LogP contribution < -0.4 is 0 Å². The van der Waals surface area contributed by atoms with Crippen molar-refractivity contribution in [2.24, 2.45) is 0 Å². The highest BCUT2D eigenvalue weighted by Crippen LogP contribution is 2.37. The van der Waals surface area contributed by atoms with E-state index in [1.807, 2.05) is 24.3 Å². The van der Waals surface area contributed by atoms with Gasteiger partial charge in [0.25, 0.3) is 0 Å². The first-order valence-electron chi connectivity index (χ1n) is 17.5. The third-order valence-corrected chi connectivity index (χ3v) is 10.4. The molecule has 11 rings (SSSR count). The zero-order chi connectivity index (χ0) is 35.0. The highest BCUT2D eigenvalue weighted by molar-refractivity contribution is 6.12. The van der Waals surface area contributed by atoms with Gasteiger partial charge in [-0.3, -0.25) is 9.13 Å². The molecule has 0 amide bonds. The predicted octanol–water partition coefficient (Wildman–Crippen LogP) is 10.7. The molecule has 0 aliphatic heterocycles. The van der Waals surface area contributed by atoms with Crippen molar-refractivity contribution in [2.75, 3.05) is 0 Å². The maximum Gasteiger partial charge on any atom is 0.240 e. The first kappa shape index (κ1) is 29.2. The minimum absolute atomic E-state index is 0.507. The van der Waals surface area contributed by atoms with Crippen LogP contribution in [0.5, 0.6) is 0 Å². The summed E-state index contributed by atoms with van der Waals surface area (Å²) in [5.41, 5.74) is 8.78. The molecule has 0 aliphatic carbocycles. The molecular formula is C46H27N7. The quantitative estimate of drug-likeness (QED) is 0.186. The van der Waals surface area contributed by atoms with E-state index in [0.717, 1.165) is 65.9 Å². The van der Waals surface area contributed by atoms with Crippen LogP contribution in [0, 0.1) is 11.3 Å². The molecule has 0 aliphatic rings. The third-order valence-electron chi connectivity index (χ3n) is 10.4. The Hall–Kier alpha value is -7.56. The van der Waals surface area contributed by atoms with Crippen LogP contribution in [-0.2, 0) is 0 Å². The summed E-state index contributed by atoms with van der Waals surface area (Å²) in [6, 6.07) is 58.6. The summed E-state index contributed by atoms with van der Waals surface area (Å²) in [5, 5.41) is 16.4. The van der Waals surface area contributed by atoms with Gasteiger partial charge in [-0.25, -0.2) is 0 Å². The SMILES string of the molecule is N#Cc1ccc(-c2nc(-n3c4ccccc4c4ccccc43)nc(-n3c4ccccc4c4cc(-n5c6ccccc6c6ccccc65)ccc43)n2)cc1. The molecule has 0 fully saturated rings. The van der Waals surface area contributed by atoms with Crippen LogP contribution >= 0.6 is 0 Å². The fourth-order valence-corrected chi connectivity index (χ4v) is 8.03. The predicted molar refractivity (Wildman–Crippen MR) is 213 cm³/mol. The van der Waals surface area contributed by atoms with Gasteiger partial charge >= 0.3 is 0 Å². The lowest BCUT2D eigenvalue weighted by atomic mass is 10.1. The number of benzene rings is 7. The summed E-state index contributed by atoms with van der Waals surface area (Å²) in [5.74, 6) is 1.54. The normalized spacial score (nSPS) is 11.8. The van der Waals surface area contributed by atoms with Gasteiger partial charge in [-0.15, -0.1) is 0 Å². The number of nitriles is 1. The lowest BCUT2D eigenvalue weighted by Gasteiger charge is -2.13. The number of para-hydroxylation sites is 5. The smallest absolute Gasteiger partial charge is 0.240 e. The van der Waals surface area contributed by atoms with Gasteiger partial charge in [-0.05, 0) is 72.8 Å². The fourth-order valence-electron chi connectivity index (χ4n) is 8.03. The van der Waals surface area contributed by atoms with Crippen LogP contribution in [0.25, 0.3) is 94.4 Å². The van der Waals surface area contributed by atoms with Gasteiger partial charge in [0.15, 0.2) is 5.82 Å². The summed E-state index contributed by atoms with van der Waals surface area (Å²) in [6.07, 6.45) is 0. The highest BCUT2D eigenvalue weighted by Gasteiger charge is 2.21. The Morgan fingerprint density at radius 2 is 0.774 bits per heavy atom. The van der Waals surface area contributed by atoms with Crippen LogP contribution in [-0.4, -0.2) is 28.7 Å². The number of fused-ring (bicyclic) bond motifs is 9. The second-order valence-electron chi connectivity index (χ2n) is 13.2. The molecule has 0 saturated carbocycles. The van der Waals surface area contributed by atoms with Gasteiger partial charge in [0, 0.05) is 43.6 Å². The Balaban J connectivity index is 1.20. The number of hydrogen-bond donors (Lipinski definition) is 0. The van der Waals surface area contributed by atoms with Gasteiger partial charge < -0.3 is 4.57 Å². The highest BCUT2D eigenvalue weighted by atomic mass is 15.3. The van der Waals surface area contributed by atoms with E-state index in [-0.39, 0.29) is 0 Å². The van der Waals surface area contributed by atoms with Gasteiger partial charge in [0.1, 0.15) is 0 Å². The Kier molecular flexibility index (Phi) is 6.18. The number of hydrogen-bond acceptors (Lipinski definition) is 4. The number of rotatable bonds is 4. The lowest BCUT2D eigenvalue weighted by Crippen LogP contribution is -2.10. The first-order chi connectivity index (χ1) is 26.2. The van der Waals surface area contributed by atoms with Gasteiger partial charge in [-0.2, -0.15) is 20.2 Å². The van der Waals surface area contributed by atoms with Crippen molar-refractivity contribution in [1.82, 2.24) is 28.7 Å². The second-order valence-corrected chi connectivity index (χ2v) is 13.2.